The van der Waals surface area contributed by atoms with Gasteiger partial charge in [0.1, 0.15) is 5.82 Å². The van der Waals surface area contributed by atoms with Crippen molar-refractivity contribution in [1.29, 1.82) is 0 Å². The molecule has 0 spiro atoms. The molecule has 0 unspecified atom stereocenters. The molecule has 4 nitrogen and oxygen atoms in total. The summed E-state index contributed by atoms with van der Waals surface area (Å²) < 4.78 is 1.89. The summed E-state index contributed by atoms with van der Waals surface area (Å²) in [6.45, 7) is 3.05. The fraction of sp³-hybridized carbons (Fsp3) is 0.143. The fourth-order valence-corrected chi connectivity index (χ4v) is 2.92. The number of fused-ring (bicyclic) bond motifs is 1. The van der Waals surface area contributed by atoms with Crippen molar-refractivity contribution >= 4 is 11.5 Å². The van der Waals surface area contributed by atoms with Crippen LogP contribution < -0.4 is 5.32 Å². The van der Waals surface area contributed by atoms with Crippen molar-refractivity contribution in [3.8, 4) is 22.4 Å². The molecule has 124 valence electrons. The van der Waals surface area contributed by atoms with Gasteiger partial charge < -0.3 is 5.32 Å². The molecule has 4 heteroatoms. The third-order valence-electron chi connectivity index (χ3n) is 4.18. The standard InChI is InChI=1S/C21H20N4/c1-2-13-22-20-14-19(17-11-7-4-8-12-17)24-21-18(15-23-25(20)21)16-9-5-3-6-10-16/h3-12,14-15,22H,2,13H2,1H3. The number of nitrogens with one attached hydrogen (secondary N) is 1. The average Bonchev–Trinajstić information content (AvgIpc) is 3.11. The third kappa shape index (κ3) is 2.98. The van der Waals surface area contributed by atoms with E-state index in [9.17, 15) is 0 Å². The van der Waals surface area contributed by atoms with E-state index < -0.39 is 0 Å². The molecular formula is C21H20N4. The molecule has 0 aliphatic heterocycles. The quantitative estimate of drug-likeness (QED) is 0.567. The van der Waals surface area contributed by atoms with Gasteiger partial charge in [0.15, 0.2) is 5.65 Å². The van der Waals surface area contributed by atoms with Gasteiger partial charge in [-0.2, -0.15) is 9.61 Å². The zero-order valence-corrected chi connectivity index (χ0v) is 14.2. The van der Waals surface area contributed by atoms with Crippen LogP contribution in [-0.2, 0) is 0 Å². The van der Waals surface area contributed by atoms with Gasteiger partial charge >= 0.3 is 0 Å². The number of rotatable bonds is 5. The first-order valence-corrected chi connectivity index (χ1v) is 8.60. The predicted octanol–water partition coefficient (Wildman–Crippen LogP) is 4.89. The number of hydrogen-bond acceptors (Lipinski definition) is 3. The van der Waals surface area contributed by atoms with Crippen molar-refractivity contribution in [1.82, 2.24) is 14.6 Å². The van der Waals surface area contributed by atoms with Crippen molar-refractivity contribution < 1.29 is 0 Å². The molecular weight excluding hydrogens is 308 g/mol. The van der Waals surface area contributed by atoms with Crippen molar-refractivity contribution in [3.05, 3.63) is 72.9 Å². The topological polar surface area (TPSA) is 42.2 Å². The molecule has 4 rings (SSSR count). The normalized spacial score (nSPS) is 10.9. The lowest BCUT2D eigenvalue weighted by Crippen LogP contribution is -2.07. The fourth-order valence-electron chi connectivity index (χ4n) is 2.92. The molecule has 2 aromatic carbocycles. The minimum Gasteiger partial charge on any atom is -0.370 e. The second-order valence-electron chi connectivity index (χ2n) is 5.98. The lowest BCUT2D eigenvalue weighted by molar-refractivity contribution is 0.904. The maximum Gasteiger partial charge on any atom is 0.165 e. The molecule has 0 saturated carbocycles. The molecule has 4 aromatic rings. The van der Waals surface area contributed by atoms with Crippen LogP contribution in [0.3, 0.4) is 0 Å². The van der Waals surface area contributed by atoms with Crippen LogP contribution in [0.1, 0.15) is 13.3 Å². The predicted molar refractivity (Wildman–Crippen MR) is 103 cm³/mol. The van der Waals surface area contributed by atoms with E-state index in [1.807, 2.05) is 47.1 Å². The summed E-state index contributed by atoms with van der Waals surface area (Å²) in [5.41, 5.74) is 5.08. The Morgan fingerprint density at radius 2 is 1.60 bits per heavy atom. The first-order chi connectivity index (χ1) is 12.4. The Labute approximate surface area is 147 Å². The molecule has 0 atom stereocenters. The van der Waals surface area contributed by atoms with Crippen molar-refractivity contribution in [2.24, 2.45) is 0 Å². The monoisotopic (exact) mass is 328 g/mol. The molecule has 0 bridgehead atoms. The van der Waals surface area contributed by atoms with Crippen LogP contribution in [0.4, 0.5) is 5.82 Å². The lowest BCUT2D eigenvalue weighted by Gasteiger charge is -2.10. The Morgan fingerprint density at radius 3 is 2.28 bits per heavy atom. The average molecular weight is 328 g/mol. The third-order valence-corrected chi connectivity index (χ3v) is 4.18. The number of hydrogen-bond donors (Lipinski definition) is 1. The van der Waals surface area contributed by atoms with E-state index in [2.05, 4.69) is 47.7 Å². The van der Waals surface area contributed by atoms with Crippen LogP contribution in [0.2, 0.25) is 0 Å². The first-order valence-electron chi connectivity index (χ1n) is 8.60. The van der Waals surface area contributed by atoms with Crippen LogP contribution in [0.5, 0.6) is 0 Å². The van der Waals surface area contributed by atoms with E-state index in [-0.39, 0.29) is 0 Å². The number of anilines is 1. The highest BCUT2D eigenvalue weighted by Gasteiger charge is 2.13. The van der Waals surface area contributed by atoms with Gasteiger partial charge in [-0.1, -0.05) is 67.6 Å². The van der Waals surface area contributed by atoms with Gasteiger partial charge in [0, 0.05) is 23.7 Å². The van der Waals surface area contributed by atoms with E-state index in [1.165, 1.54) is 0 Å². The maximum atomic E-state index is 4.91. The van der Waals surface area contributed by atoms with E-state index in [0.29, 0.717) is 0 Å². The van der Waals surface area contributed by atoms with Gasteiger partial charge in [-0.3, -0.25) is 0 Å². The Hall–Kier alpha value is -3.14. The molecule has 0 aliphatic carbocycles. The lowest BCUT2D eigenvalue weighted by atomic mass is 10.1. The largest absolute Gasteiger partial charge is 0.370 e. The van der Waals surface area contributed by atoms with E-state index >= 15 is 0 Å². The number of nitrogens with zero attached hydrogens (tertiary/aromatic N) is 3. The summed E-state index contributed by atoms with van der Waals surface area (Å²) >= 11 is 0. The van der Waals surface area contributed by atoms with Gasteiger partial charge in [-0.05, 0) is 12.0 Å². The molecule has 0 aliphatic rings. The number of aromatic nitrogens is 3. The second kappa shape index (κ2) is 6.77. The molecule has 2 heterocycles. The van der Waals surface area contributed by atoms with Crippen LogP contribution >= 0.6 is 0 Å². The highest BCUT2D eigenvalue weighted by atomic mass is 15.3. The van der Waals surface area contributed by atoms with Gasteiger partial charge in [-0.15, -0.1) is 0 Å². The Kier molecular flexibility index (Phi) is 4.17. The van der Waals surface area contributed by atoms with E-state index in [0.717, 1.165) is 46.8 Å². The molecule has 2 aromatic heterocycles. The van der Waals surface area contributed by atoms with E-state index in [4.69, 9.17) is 4.98 Å². The smallest absolute Gasteiger partial charge is 0.165 e. The Morgan fingerprint density at radius 1 is 0.920 bits per heavy atom. The summed E-state index contributed by atoms with van der Waals surface area (Å²) in [5, 5.41) is 8.05. The molecule has 0 fully saturated rings. The first kappa shape index (κ1) is 15.4. The van der Waals surface area contributed by atoms with Crippen LogP contribution in [0, 0.1) is 0 Å². The summed E-state index contributed by atoms with van der Waals surface area (Å²) in [4.78, 5) is 4.91. The van der Waals surface area contributed by atoms with Gasteiger partial charge in [0.2, 0.25) is 0 Å². The van der Waals surface area contributed by atoms with Gasteiger partial charge in [0.05, 0.1) is 11.9 Å². The molecule has 0 radical (unpaired) electrons. The van der Waals surface area contributed by atoms with Crippen molar-refractivity contribution in [2.75, 3.05) is 11.9 Å². The van der Waals surface area contributed by atoms with E-state index in [1.54, 1.807) is 0 Å². The molecule has 0 amide bonds. The molecule has 1 N–H and O–H groups in total. The molecule has 0 saturated heterocycles. The van der Waals surface area contributed by atoms with Crippen molar-refractivity contribution in [3.63, 3.8) is 0 Å². The zero-order valence-electron chi connectivity index (χ0n) is 14.2. The highest BCUT2D eigenvalue weighted by molar-refractivity contribution is 5.80. The molecule has 25 heavy (non-hydrogen) atoms. The summed E-state index contributed by atoms with van der Waals surface area (Å²) in [7, 11) is 0. The highest BCUT2D eigenvalue weighted by Crippen LogP contribution is 2.28. The minimum absolute atomic E-state index is 0.867. The van der Waals surface area contributed by atoms with Crippen molar-refractivity contribution in [2.45, 2.75) is 13.3 Å². The van der Waals surface area contributed by atoms with Crippen LogP contribution in [0.25, 0.3) is 28.0 Å². The summed E-state index contributed by atoms with van der Waals surface area (Å²) in [6, 6.07) is 22.6. The summed E-state index contributed by atoms with van der Waals surface area (Å²) in [5.74, 6) is 0.966. The Bertz CT molecular complexity index is 975. The SMILES string of the molecule is CCCNc1cc(-c2ccccc2)nc2c(-c3ccccc3)cnn12. The Balaban J connectivity index is 1.92. The zero-order chi connectivity index (χ0) is 17.1. The minimum atomic E-state index is 0.867. The summed E-state index contributed by atoms with van der Waals surface area (Å²) in [6.07, 6.45) is 2.95. The van der Waals surface area contributed by atoms with Gasteiger partial charge in [0.25, 0.3) is 0 Å². The maximum absolute atomic E-state index is 4.91. The number of benzene rings is 2. The van der Waals surface area contributed by atoms with Crippen LogP contribution in [0.15, 0.2) is 72.9 Å². The van der Waals surface area contributed by atoms with Crippen LogP contribution in [-0.4, -0.2) is 21.1 Å². The second-order valence-corrected chi connectivity index (χ2v) is 5.98. The van der Waals surface area contributed by atoms with Gasteiger partial charge in [-0.25, -0.2) is 4.98 Å².